The number of sulfonamides is 1. The van der Waals surface area contributed by atoms with Crippen molar-refractivity contribution < 1.29 is 17.6 Å². The number of hydrogen-bond donors (Lipinski definition) is 0. The van der Waals surface area contributed by atoms with Crippen LogP contribution < -0.4 is 0 Å². The molecule has 0 bridgehead atoms. The van der Waals surface area contributed by atoms with E-state index in [9.17, 15) is 17.6 Å². The third-order valence-electron chi connectivity index (χ3n) is 5.46. The molecule has 2 heterocycles. The first-order valence-corrected chi connectivity index (χ1v) is 11.4. The van der Waals surface area contributed by atoms with Crippen LogP contribution in [0.25, 0.3) is 5.69 Å². The summed E-state index contributed by atoms with van der Waals surface area (Å²) >= 11 is 0. The second-order valence-electron chi connectivity index (χ2n) is 7.54. The van der Waals surface area contributed by atoms with Crippen molar-refractivity contribution >= 4 is 15.9 Å². The van der Waals surface area contributed by atoms with Gasteiger partial charge in [-0.1, -0.05) is 12.1 Å². The van der Waals surface area contributed by atoms with Gasteiger partial charge in [-0.05, 0) is 55.8 Å². The van der Waals surface area contributed by atoms with Gasteiger partial charge in [0.15, 0.2) is 0 Å². The Balaban J connectivity index is 1.47. The van der Waals surface area contributed by atoms with Crippen LogP contribution in [0.15, 0.2) is 59.6 Å². The molecule has 0 N–H and O–H groups in total. The number of benzene rings is 2. The minimum Gasteiger partial charge on any atom is -0.336 e. The molecular weight excluding hydrogens is 419 g/mol. The van der Waals surface area contributed by atoms with E-state index in [0.29, 0.717) is 5.56 Å². The fourth-order valence-electron chi connectivity index (χ4n) is 3.70. The van der Waals surface area contributed by atoms with Crippen LogP contribution in [0, 0.1) is 19.7 Å². The van der Waals surface area contributed by atoms with Crippen molar-refractivity contribution in [3.05, 3.63) is 77.4 Å². The third-order valence-corrected chi connectivity index (χ3v) is 7.38. The maximum Gasteiger partial charge on any atom is 0.257 e. The van der Waals surface area contributed by atoms with Gasteiger partial charge in [-0.25, -0.2) is 17.5 Å². The molecule has 1 aliphatic heterocycles. The van der Waals surface area contributed by atoms with E-state index in [-0.39, 0.29) is 37.0 Å². The van der Waals surface area contributed by atoms with Crippen molar-refractivity contribution in [1.82, 2.24) is 19.0 Å². The Morgan fingerprint density at radius 2 is 1.68 bits per heavy atom. The molecule has 0 aliphatic carbocycles. The van der Waals surface area contributed by atoms with Crippen LogP contribution in [0.4, 0.5) is 4.39 Å². The predicted molar refractivity (Wildman–Crippen MR) is 114 cm³/mol. The molecule has 1 aromatic heterocycles. The van der Waals surface area contributed by atoms with E-state index in [1.165, 1.54) is 16.4 Å². The first-order valence-electron chi connectivity index (χ1n) is 9.94. The molecule has 162 valence electrons. The van der Waals surface area contributed by atoms with Crippen molar-refractivity contribution in [1.29, 1.82) is 0 Å². The molecule has 31 heavy (non-hydrogen) atoms. The van der Waals surface area contributed by atoms with Crippen molar-refractivity contribution in [2.24, 2.45) is 0 Å². The molecule has 4 rings (SSSR count). The van der Waals surface area contributed by atoms with E-state index in [0.717, 1.165) is 29.1 Å². The van der Waals surface area contributed by atoms with Crippen LogP contribution in [0.1, 0.15) is 21.6 Å². The van der Waals surface area contributed by atoms with Crippen LogP contribution in [0.5, 0.6) is 0 Å². The molecule has 0 saturated carbocycles. The van der Waals surface area contributed by atoms with E-state index >= 15 is 0 Å². The highest BCUT2D eigenvalue weighted by atomic mass is 32.2. The summed E-state index contributed by atoms with van der Waals surface area (Å²) in [6, 6.07) is 12.6. The highest BCUT2D eigenvalue weighted by Gasteiger charge is 2.31. The summed E-state index contributed by atoms with van der Waals surface area (Å²) in [4.78, 5) is 14.7. The van der Waals surface area contributed by atoms with Gasteiger partial charge in [-0.2, -0.15) is 9.40 Å². The summed E-state index contributed by atoms with van der Waals surface area (Å²) in [5, 5.41) is 4.38. The van der Waals surface area contributed by atoms with Crippen LogP contribution in [0.2, 0.25) is 0 Å². The normalized spacial score (nSPS) is 15.3. The molecule has 0 unspecified atom stereocenters. The number of nitrogens with zero attached hydrogens (tertiary/aromatic N) is 4. The zero-order valence-electron chi connectivity index (χ0n) is 17.3. The molecule has 1 saturated heterocycles. The summed E-state index contributed by atoms with van der Waals surface area (Å²) < 4.78 is 41.7. The first-order chi connectivity index (χ1) is 14.8. The lowest BCUT2D eigenvalue weighted by Gasteiger charge is -2.34. The van der Waals surface area contributed by atoms with Crippen LogP contribution >= 0.6 is 0 Å². The Morgan fingerprint density at radius 1 is 1.00 bits per heavy atom. The smallest absolute Gasteiger partial charge is 0.257 e. The lowest BCUT2D eigenvalue weighted by atomic mass is 10.2. The zero-order chi connectivity index (χ0) is 22.2. The van der Waals surface area contributed by atoms with Gasteiger partial charge in [0, 0.05) is 26.2 Å². The molecule has 2 aromatic carbocycles. The van der Waals surface area contributed by atoms with Gasteiger partial charge < -0.3 is 4.90 Å². The minimum atomic E-state index is -3.72. The number of piperazine rings is 1. The molecule has 1 amide bonds. The third kappa shape index (κ3) is 4.11. The second-order valence-corrected chi connectivity index (χ2v) is 9.48. The number of aryl methyl sites for hydroxylation is 1. The standard InChI is InChI=1S/C22H23FN4O3S/c1-16-4-3-5-19(14-16)27-17(2)21(15-24-27)22(28)25-10-12-26(13-11-25)31(29,30)20-8-6-18(23)7-9-20/h3-9,14-15H,10-13H2,1-2H3. The maximum atomic E-state index is 13.1. The Kier molecular flexibility index (Phi) is 5.63. The Bertz CT molecular complexity index is 1210. The summed E-state index contributed by atoms with van der Waals surface area (Å²) in [5.41, 5.74) is 3.21. The summed E-state index contributed by atoms with van der Waals surface area (Å²) in [7, 11) is -3.72. The summed E-state index contributed by atoms with van der Waals surface area (Å²) in [6.45, 7) is 4.74. The molecule has 0 spiro atoms. The molecule has 0 radical (unpaired) electrons. The van der Waals surface area contributed by atoms with Gasteiger partial charge >= 0.3 is 0 Å². The van der Waals surface area contributed by atoms with E-state index in [4.69, 9.17) is 0 Å². The number of amides is 1. The monoisotopic (exact) mass is 442 g/mol. The van der Waals surface area contributed by atoms with Crippen molar-refractivity contribution in [2.75, 3.05) is 26.2 Å². The van der Waals surface area contributed by atoms with Gasteiger partial charge in [0.2, 0.25) is 10.0 Å². The highest BCUT2D eigenvalue weighted by molar-refractivity contribution is 7.89. The Hall–Kier alpha value is -3.04. The number of halogens is 1. The van der Waals surface area contributed by atoms with Crippen LogP contribution in [-0.4, -0.2) is 59.5 Å². The fraction of sp³-hybridized carbons (Fsp3) is 0.273. The molecule has 7 nitrogen and oxygen atoms in total. The molecule has 3 aromatic rings. The quantitative estimate of drug-likeness (QED) is 0.623. The molecule has 1 fully saturated rings. The van der Waals surface area contributed by atoms with Crippen LogP contribution in [-0.2, 0) is 10.0 Å². The lowest BCUT2D eigenvalue weighted by molar-refractivity contribution is 0.0697. The van der Waals surface area contributed by atoms with Gasteiger partial charge in [-0.3, -0.25) is 4.79 Å². The second kappa shape index (κ2) is 8.24. The summed E-state index contributed by atoms with van der Waals surface area (Å²) in [5.74, 6) is -0.661. The van der Waals surface area contributed by atoms with E-state index in [1.807, 2.05) is 38.1 Å². The number of carbonyl (C=O) groups is 1. The summed E-state index contributed by atoms with van der Waals surface area (Å²) in [6.07, 6.45) is 1.56. The van der Waals surface area contributed by atoms with E-state index < -0.39 is 15.8 Å². The van der Waals surface area contributed by atoms with Gasteiger partial charge in [0.05, 0.1) is 28.0 Å². The fourth-order valence-corrected chi connectivity index (χ4v) is 5.12. The largest absolute Gasteiger partial charge is 0.336 e. The average molecular weight is 443 g/mol. The first kappa shape index (κ1) is 21.2. The topological polar surface area (TPSA) is 75.5 Å². The van der Waals surface area contributed by atoms with E-state index in [2.05, 4.69) is 5.10 Å². The lowest BCUT2D eigenvalue weighted by Crippen LogP contribution is -2.50. The Labute approximate surface area is 180 Å². The minimum absolute atomic E-state index is 0.0453. The van der Waals surface area contributed by atoms with Gasteiger partial charge in [0.25, 0.3) is 5.91 Å². The highest BCUT2D eigenvalue weighted by Crippen LogP contribution is 2.21. The van der Waals surface area contributed by atoms with E-state index in [1.54, 1.807) is 15.8 Å². The van der Waals surface area contributed by atoms with Gasteiger partial charge in [0.1, 0.15) is 5.82 Å². The average Bonchev–Trinajstić information content (AvgIpc) is 3.15. The predicted octanol–water partition coefficient (Wildman–Crippen LogP) is 2.77. The van der Waals surface area contributed by atoms with Crippen molar-refractivity contribution in [2.45, 2.75) is 18.7 Å². The number of rotatable bonds is 4. The number of carbonyl (C=O) groups excluding carboxylic acids is 1. The maximum absolute atomic E-state index is 13.1. The van der Waals surface area contributed by atoms with Crippen molar-refractivity contribution in [3.63, 3.8) is 0 Å². The Morgan fingerprint density at radius 3 is 2.32 bits per heavy atom. The van der Waals surface area contributed by atoms with Gasteiger partial charge in [-0.15, -0.1) is 0 Å². The number of aromatic nitrogens is 2. The molecular formula is C22H23FN4O3S. The SMILES string of the molecule is Cc1cccc(-n2ncc(C(=O)N3CCN(S(=O)(=O)c4ccc(F)cc4)CC3)c2C)c1. The molecule has 0 atom stereocenters. The number of hydrogen-bond acceptors (Lipinski definition) is 4. The van der Waals surface area contributed by atoms with Crippen molar-refractivity contribution in [3.8, 4) is 5.69 Å². The molecule has 1 aliphatic rings. The molecule has 9 heteroatoms. The van der Waals surface area contributed by atoms with Crippen LogP contribution in [0.3, 0.4) is 0 Å². The zero-order valence-corrected chi connectivity index (χ0v) is 18.1.